The van der Waals surface area contributed by atoms with Crippen LogP contribution in [-0.4, -0.2) is 46.9 Å². The fourth-order valence-electron chi connectivity index (χ4n) is 2.38. The number of piperidine rings is 1. The molecule has 0 radical (unpaired) electrons. The number of aromatic nitrogens is 3. The minimum atomic E-state index is -3.60. The summed E-state index contributed by atoms with van der Waals surface area (Å²) >= 11 is 0. The highest BCUT2D eigenvalue weighted by molar-refractivity contribution is 7.89. The fourth-order valence-corrected chi connectivity index (χ4v) is 3.85. The molecule has 23 heavy (non-hydrogen) atoms. The van der Waals surface area contributed by atoms with Crippen LogP contribution in [-0.2, 0) is 10.0 Å². The van der Waals surface area contributed by atoms with Gasteiger partial charge < -0.3 is 4.74 Å². The highest BCUT2D eigenvalue weighted by atomic mass is 32.2. The third kappa shape index (κ3) is 3.62. The molecule has 1 unspecified atom stereocenters. The molecular formula is C14H15FN4O3S. The average molecular weight is 338 g/mol. The second-order valence-electron chi connectivity index (χ2n) is 5.12. The largest absolute Gasteiger partial charge is 0.459 e. The zero-order chi connectivity index (χ0) is 16.3. The zero-order valence-corrected chi connectivity index (χ0v) is 13.0. The van der Waals surface area contributed by atoms with Gasteiger partial charge in [-0.05, 0) is 25.0 Å². The second kappa shape index (κ2) is 6.55. The van der Waals surface area contributed by atoms with Crippen LogP contribution in [0.1, 0.15) is 12.8 Å². The van der Waals surface area contributed by atoms with E-state index < -0.39 is 15.8 Å². The predicted octanol–water partition coefficient (Wildman–Crippen LogP) is 1.24. The van der Waals surface area contributed by atoms with E-state index in [-0.39, 0.29) is 23.6 Å². The van der Waals surface area contributed by atoms with Crippen molar-refractivity contribution in [2.24, 2.45) is 0 Å². The lowest BCUT2D eigenvalue weighted by molar-refractivity contribution is 0.119. The van der Waals surface area contributed by atoms with Crippen molar-refractivity contribution in [2.75, 3.05) is 13.1 Å². The van der Waals surface area contributed by atoms with Crippen LogP contribution in [0.5, 0.6) is 6.01 Å². The van der Waals surface area contributed by atoms with Crippen molar-refractivity contribution in [3.05, 3.63) is 42.7 Å². The molecule has 122 valence electrons. The molecule has 1 aliphatic heterocycles. The number of sulfonamides is 1. The Morgan fingerprint density at radius 2 is 2.04 bits per heavy atom. The summed E-state index contributed by atoms with van der Waals surface area (Å²) in [7, 11) is -3.60. The lowest BCUT2D eigenvalue weighted by Crippen LogP contribution is -2.44. The van der Waals surface area contributed by atoms with E-state index >= 15 is 0 Å². The molecule has 9 heteroatoms. The van der Waals surface area contributed by atoms with Gasteiger partial charge in [0.1, 0.15) is 11.0 Å². The minimum absolute atomic E-state index is 0.0389. The van der Waals surface area contributed by atoms with Crippen molar-refractivity contribution in [2.45, 2.75) is 23.8 Å². The fraction of sp³-hybridized carbons (Fsp3) is 0.357. The summed E-state index contributed by atoms with van der Waals surface area (Å²) in [5, 5.41) is 0. The molecule has 0 spiro atoms. The summed E-state index contributed by atoms with van der Waals surface area (Å²) in [6, 6.07) is 3.13. The van der Waals surface area contributed by atoms with Crippen LogP contribution < -0.4 is 4.74 Å². The normalized spacial score (nSPS) is 19.4. The van der Waals surface area contributed by atoms with Crippen LogP contribution in [0.3, 0.4) is 0 Å². The molecule has 0 aliphatic carbocycles. The van der Waals surface area contributed by atoms with E-state index in [1.807, 2.05) is 0 Å². The van der Waals surface area contributed by atoms with E-state index in [1.54, 1.807) is 6.07 Å². The second-order valence-corrected chi connectivity index (χ2v) is 7.06. The molecule has 2 aromatic heterocycles. The van der Waals surface area contributed by atoms with E-state index in [0.717, 1.165) is 12.4 Å². The molecule has 0 amide bonds. The van der Waals surface area contributed by atoms with Crippen molar-refractivity contribution in [3.63, 3.8) is 0 Å². The Bertz CT molecular complexity index is 755. The molecule has 7 nitrogen and oxygen atoms in total. The first kappa shape index (κ1) is 15.8. The molecule has 1 atom stereocenters. The maximum atomic E-state index is 12.8. The quantitative estimate of drug-likeness (QED) is 0.834. The number of halogens is 1. The Morgan fingerprint density at radius 3 is 2.74 bits per heavy atom. The van der Waals surface area contributed by atoms with Gasteiger partial charge in [-0.2, -0.15) is 4.31 Å². The van der Waals surface area contributed by atoms with E-state index in [4.69, 9.17) is 4.74 Å². The monoisotopic (exact) mass is 338 g/mol. The summed E-state index contributed by atoms with van der Waals surface area (Å²) in [5.74, 6) is -0.554. The number of pyridine rings is 1. The van der Waals surface area contributed by atoms with Gasteiger partial charge in [0.2, 0.25) is 10.0 Å². The molecule has 1 aliphatic rings. The van der Waals surface area contributed by atoms with Crippen molar-refractivity contribution < 1.29 is 17.5 Å². The third-order valence-corrected chi connectivity index (χ3v) is 5.33. The van der Waals surface area contributed by atoms with Gasteiger partial charge in [-0.3, -0.25) is 4.98 Å². The molecule has 1 saturated heterocycles. The average Bonchev–Trinajstić information content (AvgIpc) is 2.58. The molecule has 2 aromatic rings. The van der Waals surface area contributed by atoms with Gasteiger partial charge in [0.05, 0.1) is 18.9 Å². The summed E-state index contributed by atoms with van der Waals surface area (Å²) in [6.07, 6.45) is 5.83. The van der Waals surface area contributed by atoms with Gasteiger partial charge in [0, 0.05) is 18.9 Å². The highest BCUT2D eigenvalue weighted by Crippen LogP contribution is 2.22. The van der Waals surface area contributed by atoms with Crippen LogP contribution in [0.25, 0.3) is 0 Å². The van der Waals surface area contributed by atoms with Crippen LogP contribution >= 0.6 is 0 Å². The van der Waals surface area contributed by atoms with Gasteiger partial charge in [0.25, 0.3) is 0 Å². The topological polar surface area (TPSA) is 85.3 Å². The lowest BCUT2D eigenvalue weighted by Gasteiger charge is -2.31. The number of rotatable bonds is 4. The lowest BCUT2D eigenvalue weighted by atomic mass is 10.1. The number of hydrogen-bond acceptors (Lipinski definition) is 6. The molecule has 0 aromatic carbocycles. The highest BCUT2D eigenvalue weighted by Gasteiger charge is 2.31. The Morgan fingerprint density at radius 1 is 1.26 bits per heavy atom. The Labute approximate surface area is 133 Å². The van der Waals surface area contributed by atoms with E-state index in [2.05, 4.69) is 15.0 Å². The van der Waals surface area contributed by atoms with Gasteiger partial charge in [-0.25, -0.2) is 22.8 Å². The van der Waals surface area contributed by atoms with Crippen LogP contribution in [0.4, 0.5) is 4.39 Å². The molecule has 1 fully saturated rings. The maximum Gasteiger partial charge on any atom is 0.316 e. The minimum Gasteiger partial charge on any atom is -0.459 e. The van der Waals surface area contributed by atoms with E-state index in [0.29, 0.717) is 19.4 Å². The predicted molar refractivity (Wildman–Crippen MR) is 78.6 cm³/mol. The van der Waals surface area contributed by atoms with Gasteiger partial charge in [-0.15, -0.1) is 0 Å². The van der Waals surface area contributed by atoms with Crippen molar-refractivity contribution in [3.8, 4) is 6.01 Å². The van der Waals surface area contributed by atoms with Gasteiger partial charge in [-0.1, -0.05) is 0 Å². The van der Waals surface area contributed by atoms with Crippen molar-refractivity contribution in [1.29, 1.82) is 0 Å². The molecule has 3 heterocycles. The van der Waals surface area contributed by atoms with Gasteiger partial charge in [0.15, 0.2) is 5.82 Å². The van der Waals surface area contributed by atoms with Gasteiger partial charge >= 0.3 is 6.01 Å². The zero-order valence-electron chi connectivity index (χ0n) is 12.2. The standard InChI is InChI=1S/C14H15FN4O3S/c15-11-7-17-14(18-8-11)22-12-3-2-6-19(10-12)23(20,21)13-4-1-5-16-9-13/h1,4-5,7-9,12H,2-3,6,10H2. The molecule has 3 rings (SSSR count). The smallest absolute Gasteiger partial charge is 0.316 e. The summed E-state index contributed by atoms with van der Waals surface area (Å²) < 4.78 is 44.9. The van der Waals surface area contributed by atoms with Crippen LogP contribution in [0, 0.1) is 5.82 Å². The third-order valence-electron chi connectivity index (χ3n) is 3.48. The van der Waals surface area contributed by atoms with Crippen LogP contribution in [0.2, 0.25) is 0 Å². The molecule has 0 N–H and O–H groups in total. The maximum absolute atomic E-state index is 12.8. The first-order valence-corrected chi connectivity index (χ1v) is 8.54. The first-order valence-electron chi connectivity index (χ1n) is 7.10. The Balaban J connectivity index is 1.72. The van der Waals surface area contributed by atoms with Crippen molar-refractivity contribution >= 4 is 10.0 Å². The van der Waals surface area contributed by atoms with Crippen molar-refractivity contribution in [1.82, 2.24) is 19.3 Å². The molecule has 0 saturated carbocycles. The summed E-state index contributed by atoms with van der Waals surface area (Å²) in [5.41, 5.74) is 0. The van der Waals surface area contributed by atoms with E-state index in [1.165, 1.54) is 22.8 Å². The summed E-state index contributed by atoms with van der Waals surface area (Å²) in [4.78, 5) is 11.5. The SMILES string of the molecule is O=S(=O)(c1cccnc1)N1CCCC(Oc2ncc(F)cn2)C1. The number of ether oxygens (including phenoxy) is 1. The Kier molecular flexibility index (Phi) is 4.49. The Hall–Kier alpha value is -2.13. The number of hydrogen-bond donors (Lipinski definition) is 0. The van der Waals surface area contributed by atoms with Crippen LogP contribution in [0.15, 0.2) is 41.8 Å². The molecular weight excluding hydrogens is 323 g/mol. The molecule has 0 bridgehead atoms. The number of nitrogens with zero attached hydrogens (tertiary/aromatic N) is 4. The first-order chi connectivity index (χ1) is 11.1. The van der Waals surface area contributed by atoms with E-state index in [9.17, 15) is 12.8 Å². The summed E-state index contributed by atoms with van der Waals surface area (Å²) in [6.45, 7) is 0.610.